The van der Waals surface area contributed by atoms with Gasteiger partial charge in [-0.1, -0.05) is 13.3 Å². The number of carbonyl (C=O) groups is 1. The lowest BCUT2D eigenvalue weighted by atomic mass is 10.3. The van der Waals surface area contributed by atoms with Gasteiger partial charge in [-0.25, -0.2) is 0 Å². The number of methoxy groups -OCH3 is 1. The van der Waals surface area contributed by atoms with E-state index in [1.807, 2.05) is 0 Å². The van der Waals surface area contributed by atoms with E-state index in [0.29, 0.717) is 125 Å². The van der Waals surface area contributed by atoms with Crippen LogP contribution in [-0.2, 0) is 52.2 Å². The highest BCUT2D eigenvalue weighted by Crippen LogP contribution is 1.87. The summed E-state index contributed by atoms with van der Waals surface area (Å²) in [4.78, 5) is 11.4. The van der Waals surface area contributed by atoms with Gasteiger partial charge in [0.25, 0.3) is 0 Å². The van der Waals surface area contributed by atoms with Crippen molar-refractivity contribution >= 4 is 5.91 Å². The summed E-state index contributed by atoms with van der Waals surface area (Å²) in [5.41, 5.74) is 0. The molecule has 0 unspecified atom stereocenters. The second-order valence-electron chi connectivity index (χ2n) is 7.65. The van der Waals surface area contributed by atoms with E-state index in [1.54, 1.807) is 7.11 Å². The standard InChI is InChI=1S/C25H51NO11/c1-3-4-5-26-25(27)24-37-23-22-36-21-20-35-19-18-34-17-16-33-15-14-32-13-12-31-11-10-30-9-8-29-7-6-28-2/h3-24H2,1-2H3,(H,26,27). The predicted octanol–water partition coefficient (Wildman–Crippen LogP) is 0.699. The largest absolute Gasteiger partial charge is 0.382 e. The van der Waals surface area contributed by atoms with Crippen LogP contribution >= 0.6 is 0 Å². The molecule has 0 atom stereocenters. The Kier molecular flexibility index (Phi) is 32.3. The summed E-state index contributed by atoms with van der Waals surface area (Å²) in [6, 6.07) is 0. The van der Waals surface area contributed by atoms with Crippen LogP contribution in [0.25, 0.3) is 0 Å². The summed E-state index contributed by atoms with van der Waals surface area (Å²) in [7, 11) is 1.64. The number of hydrogen-bond acceptors (Lipinski definition) is 11. The first kappa shape index (κ1) is 36.1. The molecule has 222 valence electrons. The van der Waals surface area contributed by atoms with Gasteiger partial charge in [0, 0.05) is 13.7 Å². The maximum Gasteiger partial charge on any atom is 0.245 e. The highest BCUT2D eigenvalue weighted by molar-refractivity contribution is 5.77. The number of carbonyl (C=O) groups excluding carboxylic acids is 1. The predicted molar refractivity (Wildman–Crippen MR) is 137 cm³/mol. The molecule has 0 aliphatic rings. The molecule has 0 aromatic rings. The van der Waals surface area contributed by atoms with E-state index in [1.165, 1.54) is 0 Å². The monoisotopic (exact) mass is 541 g/mol. The summed E-state index contributed by atoms with van der Waals surface area (Å²) in [6.45, 7) is 12.0. The molecular formula is C25H51NO11. The topological polar surface area (TPSA) is 121 Å². The molecule has 0 aromatic heterocycles. The van der Waals surface area contributed by atoms with Crippen LogP contribution in [0, 0.1) is 0 Å². The third kappa shape index (κ3) is 33.0. The lowest BCUT2D eigenvalue weighted by Gasteiger charge is -2.09. The van der Waals surface area contributed by atoms with Crippen LogP contribution in [0.3, 0.4) is 0 Å². The molecule has 1 amide bonds. The van der Waals surface area contributed by atoms with Gasteiger partial charge in [0.15, 0.2) is 0 Å². The van der Waals surface area contributed by atoms with Crippen molar-refractivity contribution in [3.8, 4) is 0 Å². The summed E-state index contributed by atoms with van der Waals surface area (Å²) in [5, 5.41) is 2.79. The number of amides is 1. The van der Waals surface area contributed by atoms with Crippen molar-refractivity contribution in [1.82, 2.24) is 5.32 Å². The summed E-state index contributed by atoms with van der Waals surface area (Å²) >= 11 is 0. The van der Waals surface area contributed by atoms with Crippen LogP contribution < -0.4 is 5.32 Å². The van der Waals surface area contributed by atoms with Crippen molar-refractivity contribution in [1.29, 1.82) is 0 Å². The minimum absolute atomic E-state index is 0.0663. The summed E-state index contributed by atoms with van der Waals surface area (Å²) in [6.07, 6.45) is 2.03. The van der Waals surface area contributed by atoms with Crippen LogP contribution in [0.1, 0.15) is 19.8 Å². The van der Waals surface area contributed by atoms with Gasteiger partial charge in [0.05, 0.1) is 119 Å². The smallest absolute Gasteiger partial charge is 0.245 e. The van der Waals surface area contributed by atoms with Crippen molar-refractivity contribution in [2.24, 2.45) is 0 Å². The molecule has 1 N–H and O–H groups in total. The third-order valence-electron chi connectivity index (χ3n) is 4.49. The van der Waals surface area contributed by atoms with Gasteiger partial charge in [-0.3, -0.25) is 4.79 Å². The Morgan fingerprint density at radius 1 is 0.486 bits per heavy atom. The van der Waals surface area contributed by atoms with Gasteiger partial charge in [0.1, 0.15) is 6.61 Å². The fourth-order valence-electron chi connectivity index (χ4n) is 2.52. The van der Waals surface area contributed by atoms with Crippen molar-refractivity contribution in [2.75, 3.05) is 139 Å². The summed E-state index contributed by atoms with van der Waals surface area (Å²) < 4.78 is 53.3. The maximum atomic E-state index is 11.4. The van der Waals surface area contributed by atoms with Crippen molar-refractivity contribution in [2.45, 2.75) is 19.8 Å². The first-order valence-electron chi connectivity index (χ1n) is 13.3. The molecule has 12 nitrogen and oxygen atoms in total. The van der Waals surface area contributed by atoms with E-state index in [9.17, 15) is 4.79 Å². The molecule has 12 heteroatoms. The van der Waals surface area contributed by atoms with E-state index in [2.05, 4.69) is 12.2 Å². The van der Waals surface area contributed by atoms with E-state index in [-0.39, 0.29) is 12.5 Å². The Hall–Kier alpha value is -0.930. The van der Waals surface area contributed by atoms with Crippen LogP contribution in [-0.4, -0.2) is 145 Å². The van der Waals surface area contributed by atoms with Gasteiger partial charge < -0.3 is 52.7 Å². The highest BCUT2D eigenvalue weighted by atomic mass is 16.6. The van der Waals surface area contributed by atoms with Crippen molar-refractivity contribution < 1.29 is 52.2 Å². The van der Waals surface area contributed by atoms with Crippen molar-refractivity contribution in [3.63, 3.8) is 0 Å². The minimum Gasteiger partial charge on any atom is -0.382 e. The van der Waals surface area contributed by atoms with E-state index in [4.69, 9.17) is 47.4 Å². The average molecular weight is 542 g/mol. The Morgan fingerprint density at radius 3 is 1.08 bits per heavy atom. The normalized spacial score (nSPS) is 11.3. The molecule has 0 aliphatic heterocycles. The Labute approximate surface area is 222 Å². The number of nitrogens with one attached hydrogen (secondary N) is 1. The lowest BCUT2D eigenvalue weighted by molar-refractivity contribution is -0.126. The summed E-state index contributed by atoms with van der Waals surface area (Å²) in [5.74, 6) is -0.0914. The molecule has 0 saturated heterocycles. The average Bonchev–Trinajstić information content (AvgIpc) is 2.90. The van der Waals surface area contributed by atoms with Crippen LogP contribution in [0.15, 0.2) is 0 Å². The van der Waals surface area contributed by atoms with E-state index < -0.39 is 0 Å². The second kappa shape index (κ2) is 33.1. The van der Waals surface area contributed by atoms with Gasteiger partial charge >= 0.3 is 0 Å². The fraction of sp³-hybridized carbons (Fsp3) is 0.960. The SMILES string of the molecule is CCCCNC(=O)COCCOCCOCCOCCOCCOCCOCCOCCOCCOC. The highest BCUT2D eigenvalue weighted by Gasteiger charge is 2.00. The Morgan fingerprint density at radius 2 is 0.784 bits per heavy atom. The molecule has 0 saturated carbocycles. The van der Waals surface area contributed by atoms with Gasteiger partial charge in [-0.05, 0) is 6.42 Å². The third-order valence-corrected chi connectivity index (χ3v) is 4.49. The molecule has 0 aliphatic carbocycles. The van der Waals surface area contributed by atoms with Crippen LogP contribution in [0.5, 0.6) is 0 Å². The maximum absolute atomic E-state index is 11.4. The zero-order chi connectivity index (χ0) is 26.9. The molecule has 37 heavy (non-hydrogen) atoms. The lowest BCUT2D eigenvalue weighted by Crippen LogP contribution is -2.29. The first-order chi connectivity index (χ1) is 18.3. The molecule has 0 aromatic carbocycles. The van der Waals surface area contributed by atoms with Crippen molar-refractivity contribution in [3.05, 3.63) is 0 Å². The van der Waals surface area contributed by atoms with Crippen LogP contribution in [0.2, 0.25) is 0 Å². The van der Waals surface area contributed by atoms with E-state index >= 15 is 0 Å². The molecule has 0 spiro atoms. The number of unbranched alkanes of at least 4 members (excludes halogenated alkanes) is 1. The first-order valence-corrected chi connectivity index (χ1v) is 13.3. The van der Waals surface area contributed by atoms with Crippen LogP contribution in [0.4, 0.5) is 0 Å². The minimum atomic E-state index is -0.0914. The molecule has 0 heterocycles. The van der Waals surface area contributed by atoms with Gasteiger partial charge in [-0.15, -0.1) is 0 Å². The molecule has 0 bridgehead atoms. The second-order valence-corrected chi connectivity index (χ2v) is 7.65. The molecular weight excluding hydrogens is 490 g/mol. The molecule has 0 fully saturated rings. The fourth-order valence-corrected chi connectivity index (χ4v) is 2.52. The number of hydrogen-bond donors (Lipinski definition) is 1. The van der Waals surface area contributed by atoms with Gasteiger partial charge in [-0.2, -0.15) is 0 Å². The van der Waals surface area contributed by atoms with E-state index in [0.717, 1.165) is 12.8 Å². The number of ether oxygens (including phenoxy) is 10. The Bertz CT molecular complexity index is 447. The molecule has 0 rings (SSSR count). The zero-order valence-electron chi connectivity index (χ0n) is 23.0. The van der Waals surface area contributed by atoms with Gasteiger partial charge in [0.2, 0.25) is 5.91 Å². The quantitative estimate of drug-likeness (QED) is 0.121. The Balaban J connectivity index is 3.06. The zero-order valence-corrected chi connectivity index (χ0v) is 23.0. The number of rotatable bonds is 32. The molecule has 0 radical (unpaired) electrons.